The molecule has 1 aromatic rings. The van der Waals surface area contributed by atoms with E-state index in [4.69, 9.17) is 4.74 Å². The van der Waals surface area contributed by atoms with E-state index in [0.29, 0.717) is 10.7 Å². The molecular weight excluding hydrogens is 252 g/mol. The minimum atomic E-state index is 0.675. The molecule has 0 amide bonds. The smallest absolute Gasteiger partial charge is 0.119 e. The highest BCUT2D eigenvalue weighted by Gasteiger charge is 2.31. The molecule has 0 saturated heterocycles. The fourth-order valence-corrected chi connectivity index (χ4v) is 3.09. The van der Waals surface area contributed by atoms with Gasteiger partial charge in [-0.15, -0.1) is 0 Å². The molecule has 1 saturated carbocycles. The van der Waals surface area contributed by atoms with Crippen LogP contribution in [0.3, 0.4) is 0 Å². The zero-order valence-electron chi connectivity index (χ0n) is 9.24. The highest BCUT2D eigenvalue weighted by atomic mass is 79.9. The van der Waals surface area contributed by atoms with Crippen molar-refractivity contribution >= 4 is 15.9 Å². The Bertz CT molecular complexity index is 337. The van der Waals surface area contributed by atoms with Gasteiger partial charge in [-0.1, -0.05) is 35.0 Å². The molecule has 2 rings (SSSR count). The Labute approximate surface area is 100.0 Å². The molecule has 3 unspecified atom stereocenters. The van der Waals surface area contributed by atoms with Gasteiger partial charge in [0.2, 0.25) is 0 Å². The second-order valence-electron chi connectivity index (χ2n) is 4.34. The molecule has 0 radical (unpaired) electrons. The molecule has 1 aliphatic carbocycles. The molecule has 0 aliphatic heterocycles. The number of benzene rings is 1. The first-order valence-electron chi connectivity index (χ1n) is 5.50. The van der Waals surface area contributed by atoms with Crippen LogP contribution in [0.2, 0.25) is 0 Å². The van der Waals surface area contributed by atoms with E-state index in [2.05, 4.69) is 41.1 Å². The topological polar surface area (TPSA) is 9.23 Å². The zero-order valence-corrected chi connectivity index (χ0v) is 10.8. The van der Waals surface area contributed by atoms with E-state index in [1.807, 2.05) is 6.07 Å². The van der Waals surface area contributed by atoms with E-state index < -0.39 is 0 Å². The first kappa shape index (κ1) is 11.0. The SMILES string of the molecule is COc1cccc(C2CCC(Br)C2C)c1. The molecule has 0 heterocycles. The van der Waals surface area contributed by atoms with Crippen LogP contribution in [-0.4, -0.2) is 11.9 Å². The van der Waals surface area contributed by atoms with E-state index in [1.165, 1.54) is 18.4 Å². The third-order valence-corrected chi connectivity index (χ3v) is 4.77. The average Bonchev–Trinajstić information content (AvgIpc) is 2.60. The minimum Gasteiger partial charge on any atom is -0.497 e. The molecule has 1 aromatic carbocycles. The molecule has 1 aliphatic rings. The van der Waals surface area contributed by atoms with Crippen LogP contribution in [0.15, 0.2) is 24.3 Å². The van der Waals surface area contributed by atoms with Crippen molar-refractivity contribution < 1.29 is 4.74 Å². The fraction of sp³-hybridized carbons (Fsp3) is 0.538. The van der Waals surface area contributed by atoms with Crippen LogP contribution in [0.5, 0.6) is 5.75 Å². The minimum absolute atomic E-state index is 0.675. The van der Waals surface area contributed by atoms with Gasteiger partial charge in [0.25, 0.3) is 0 Å². The Morgan fingerprint density at radius 2 is 2.13 bits per heavy atom. The van der Waals surface area contributed by atoms with Crippen molar-refractivity contribution in [3.05, 3.63) is 29.8 Å². The molecule has 3 atom stereocenters. The Hall–Kier alpha value is -0.500. The summed E-state index contributed by atoms with van der Waals surface area (Å²) in [4.78, 5) is 0.675. The first-order chi connectivity index (χ1) is 7.22. The number of rotatable bonds is 2. The Balaban J connectivity index is 2.22. The van der Waals surface area contributed by atoms with Gasteiger partial charge in [0, 0.05) is 4.83 Å². The van der Waals surface area contributed by atoms with Crippen molar-refractivity contribution in [2.45, 2.75) is 30.5 Å². The zero-order chi connectivity index (χ0) is 10.8. The molecule has 0 N–H and O–H groups in total. The predicted molar refractivity (Wildman–Crippen MR) is 66.8 cm³/mol. The molecule has 1 fully saturated rings. The van der Waals surface area contributed by atoms with Crippen molar-refractivity contribution in [2.24, 2.45) is 5.92 Å². The number of methoxy groups -OCH3 is 1. The maximum atomic E-state index is 5.26. The number of ether oxygens (including phenoxy) is 1. The summed E-state index contributed by atoms with van der Waals surface area (Å²) in [6.45, 7) is 2.33. The number of hydrogen-bond donors (Lipinski definition) is 0. The van der Waals surface area contributed by atoms with E-state index in [1.54, 1.807) is 7.11 Å². The summed E-state index contributed by atoms with van der Waals surface area (Å²) in [5, 5.41) is 0. The molecule has 82 valence electrons. The van der Waals surface area contributed by atoms with Crippen LogP contribution in [0.1, 0.15) is 31.2 Å². The first-order valence-corrected chi connectivity index (χ1v) is 6.42. The van der Waals surface area contributed by atoms with Crippen LogP contribution >= 0.6 is 15.9 Å². The molecule has 0 bridgehead atoms. The van der Waals surface area contributed by atoms with Crippen molar-refractivity contribution in [3.63, 3.8) is 0 Å². The lowest BCUT2D eigenvalue weighted by molar-refractivity contribution is 0.413. The maximum absolute atomic E-state index is 5.26. The van der Waals surface area contributed by atoms with Crippen LogP contribution < -0.4 is 4.74 Å². The van der Waals surface area contributed by atoms with Gasteiger partial charge in [0.05, 0.1) is 7.11 Å². The van der Waals surface area contributed by atoms with Gasteiger partial charge in [-0.2, -0.15) is 0 Å². The van der Waals surface area contributed by atoms with E-state index in [9.17, 15) is 0 Å². The second-order valence-corrected chi connectivity index (χ2v) is 5.51. The molecule has 0 aromatic heterocycles. The van der Waals surface area contributed by atoms with Gasteiger partial charge >= 0.3 is 0 Å². The summed E-state index contributed by atoms with van der Waals surface area (Å²) >= 11 is 3.75. The van der Waals surface area contributed by atoms with Crippen LogP contribution in [0.25, 0.3) is 0 Å². The van der Waals surface area contributed by atoms with Crippen LogP contribution in [0, 0.1) is 5.92 Å². The molecule has 2 heteroatoms. The highest BCUT2D eigenvalue weighted by Crippen LogP contribution is 2.43. The Kier molecular flexibility index (Phi) is 3.35. The quantitative estimate of drug-likeness (QED) is 0.738. The molecular formula is C13H17BrO. The Morgan fingerprint density at radius 1 is 1.33 bits per heavy atom. The van der Waals surface area contributed by atoms with Gasteiger partial charge in [-0.25, -0.2) is 0 Å². The lowest BCUT2D eigenvalue weighted by Crippen LogP contribution is -2.08. The van der Waals surface area contributed by atoms with Crippen LogP contribution in [-0.2, 0) is 0 Å². The Morgan fingerprint density at radius 3 is 2.73 bits per heavy atom. The van der Waals surface area contributed by atoms with E-state index in [-0.39, 0.29) is 0 Å². The van der Waals surface area contributed by atoms with Crippen LogP contribution in [0.4, 0.5) is 0 Å². The van der Waals surface area contributed by atoms with Gasteiger partial charge in [-0.3, -0.25) is 0 Å². The maximum Gasteiger partial charge on any atom is 0.119 e. The monoisotopic (exact) mass is 268 g/mol. The lowest BCUT2D eigenvalue weighted by Gasteiger charge is -2.18. The largest absolute Gasteiger partial charge is 0.497 e. The fourth-order valence-electron chi connectivity index (χ4n) is 2.46. The highest BCUT2D eigenvalue weighted by molar-refractivity contribution is 9.09. The second kappa shape index (κ2) is 4.56. The lowest BCUT2D eigenvalue weighted by atomic mass is 9.90. The van der Waals surface area contributed by atoms with Crippen molar-refractivity contribution in [1.82, 2.24) is 0 Å². The van der Waals surface area contributed by atoms with Crippen molar-refractivity contribution in [3.8, 4) is 5.75 Å². The van der Waals surface area contributed by atoms with E-state index >= 15 is 0 Å². The summed E-state index contributed by atoms with van der Waals surface area (Å²) < 4.78 is 5.26. The van der Waals surface area contributed by atoms with E-state index in [0.717, 1.165) is 11.7 Å². The van der Waals surface area contributed by atoms with Gasteiger partial charge < -0.3 is 4.74 Å². The summed E-state index contributed by atoms with van der Waals surface area (Å²) in [5.41, 5.74) is 1.42. The number of halogens is 1. The summed E-state index contributed by atoms with van der Waals surface area (Å²) in [5.74, 6) is 2.37. The van der Waals surface area contributed by atoms with Crippen molar-refractivity contribution in [2.75, 3.05) is 7.11 Å². The van der Waals surface area contributed by atoms with Gasteiger partial charge in [0.15, 0.2) is 0 Å². The summed E-state index contributed by atoms with van der Waals surface area (Å²) in [6, 6.07) is 8.48. The summed E-state index contributed by atoms with van der Waals surface area (Å²) in [6.07, 6.45) is 2.56. The third-order valence-electron chi connectivity index (χ3n) is 3.48. The number of alkyl halides is 1. The van der Waals surface area contributed by atoms with Crippen molar-refractivity contribution in [1.29, 1.82) is 0 Å². The predicted octanol–water partition coefficient (Wildman–Crippen LogP) is 3.97. The number of hydrogen-bond acceptors (Lipinski definition) is 1. The molecule has 15 heavy (non-hydrogen) atoms. The van der Waals surface area contributed by atoms with Gasteiger partial charge in [-0.05, 0) is 42.4 Å². The standard InChI is InChI=1S/C13H17BrO/c1-9-12(6-7-13(9)14)10-4-3-5-11(8-10)15-2/h3-5,8-9,12-13H,6-7H2,1-2H3. The molecule has 0 spiro atoms. The average molecular weight is 269 g/mol. The summed E-state index contributed by atoms with van der Waals surface area (Å²) in [7, 11) is 1.73. The molecule has 1 nitrogen and oxygen atoms in total. The normalized spacial score (nSPS) is 30.5. The third kappa shape index (κ3) is 2.20. The van der Waals surface area contributed by atoms with Gasteiger partial charge in [0.1, 0.15) is 5.75 Å².